The van der Waals surface area contributed by atoms with Crippen molar-refractivity contribution in [3.63, 3.8) is 0 Å². The van der Waals surface area contributed by atoms with E-state index in [0.29, 0.717) is 18.2 Å². The Hall–Kier alpha value is -3.48. The molecule has 0 radical (unpaired) electrons. The summed E-state index contributed by atoms with van der Waals surface area (Å²) in [5, 5.41) is 14.6. The van der Waals surface area contributed by atoms with Crippen LogP contribution < -0.4 is 10.1 Å². The minimum Gasteiger partial charge on any atom is -0.434 e. The molecule has 7 nitrogen and oxygen atoms in total. The van der Waals surface area contributed by atoms with Crippen molar-refractivity contribution in [2.75, 3.05) is 5.32 Å². The first-order valence-electron chi connectivity index (χ1n) is 9.00. The van der Waals surface area contributed by atoms with Crippen molar-refractivity contribution in [1.29, 1.82) is 0 Å². The zero-order valence-electron chi connectivity index (χ0n) is 16.0. The summed E-state index contributed by atoms with van der Waals surface area (Å²) in [6.45, 7) is 6.60. The maximum Gasteiger partial charge on any atom is 0.373 e. The Morgan fingerprint density at radius 1 is 1.07 bits per heavy atom. The van der Waals surface area contributed by atoms with Crippen LogP contribution in [0.5, 0.6) is 11.6 Å². The second kappa shape index (κ2) is 8.47. The van der Waals surface area contributed by atoms with E-state index in [0.717, 1.165) is 16.7 Å². The molecule has 0 bridgehead atoms. The number of rotatable bonds is 7. The van der Waals surface area contributed by atoms with E-state index in [9.17, 15) is 10.1 Å². The van der Waals surface area contributed by atoms with E-state index in [4.69, 9.17) is 4.74 Å². The molecule has 0 aliphatic rings. The Balaban J connectivity index is 1.82. The normalized spacial score (nSPS) is 10.7. The van der Waals surface area contributed by atoms with Crippen molar-refractivity contribution in [2.45, 2.75) is 33.2 Å². The van der Waals surface area contributed by atoms with Gasteiger partial charge in [-0.25, -0.2) is 4.98 Å². The molecule has 144 valence electrons. The number of ether oxygens (including phenoxy) is 1. The fourth-order valence-electron chi connectivity index (χ4n) is 2.66. The predicted octanol–water partition coefficient (Wildman–Crippen LogP) is 5.22. The van der Waals surface area contributed by atoms with Crippen LogP contribution in [0.3, 0.4) is 0 Å². The average molecular weight is 378 g/mol. The van der Waals surface area contributed by atoms with Gasteiger partial charge in [0.1, 0.15) is 12.1 Å². The Bertz CT molecular complexity index is 954. The van der Waals surface area contributed by atoms with Gasteiger partial charge in [0.25, 0.3) is 0 Å². The Morgan fingerprint density at radius 2 is 1.75 bits per heavy atom. The molecular formula is C21H22N4O3. The van der Waals surface area contributed by atoms with Crippen molar-refractivity contribution in [3.05, 3.63) is 81.7 Å². The maximum absolute atomic E-state index is 11.6. The van der Waals surface area contributed by atoms with Gasteiger partial charge in [0, 0.05) is 6.54 Å². The van der Waals surface area contributed by atoms with E-state index < -0.39 is 4.92 Å². The summed E-state index contributed by atoms with van der Waals surface area (Å²) < 4.78 is 5.68. The highest BCUT2D eigenvalue weighted by Crippen LogP contribution is 2.34. The lowest BCUT2D eigenvalue weighted by atomic mass is 10.0. The maximum atomic E-state index is 11.6. The molecule has 3 aromatic rings. The molecule has 0 unspecified atom stereocenters. The first-order valence-corrected chi connectivity index (χ1v) is 9.00. The molecule has 0 aliphatic heterocycles. The number of aryl methyl sites for hydroxylation is 1. The van der Waals surface area contributed by atoms with Gasteiger partial charge in [-0.1, -0.05) is 55.8 Å². The van der Waals surface area contributed by atoms with E-state index in [1.807, 2.05) is 43.3 Å². The van der Waals surface area contributed by atoms with Crippen LogP contribution in [0.1, 0.15) is 36.5 Å². The monoisotopic (exact) mass is 378 g/mol. The quantitative estimate of drug-likeness (QED) is 0.448. The van der Waals surface area contributed by atoms with Gasteiger partial charge >= 0.3 is 11.6 Å². The van der Waals surface area contributed by atoms with Gasteiger partial charge in [-0.05, 0) is 36.1 Å². The lowest BCUT2D eigenvalue weighted by molar-refractivity contribution is -0.385. The molecule has 0 saturated carbocycles. The van der Waals surface area contributed by atoms with Crippen LogP contribution in [-0.4, -0.2) is 14.9 Å². The van der Waals surface area contributed by atoms with Crippen LogP contribution in [0, 0.1) is 17.0 Å². The second-order valence-electron chi connectivity index (χ2n) is 6.80. The van der Waals surface area contributed by atoms with Crippen LogP contribution in [0.2, 0.25) is 0 Å². The fourth-order valence-corrected chi connectivity index (χ4v) is 2.66. The molecule has 7 heteroatoms. The molecule has 0 aliphatic carbocycles. The third-order valence-electron chi connectivity index (χ3n) is 4.31. The predicted molar refractivity (Wildman–Crippen MR) is 108 cm³/mol. The largest absolute Gasteiger partial charge is 0.434 e. The summed E-state index contributed by atoms with van der Waals surface area (Å²) in [5.41, 5.74) is 3.01. The lowest BCUT2D eigenvalue weighted by Crippen LogP contribution is -2.07. The Morgan fingerprint density at radius 3 is 2.36 bits per heavy atom. The molecule has 28 heavy (non-hydrogen) atoms. The highest BCUT2D eigenvalue weighted by molar-refractivity contribution is 5.62. The molecule has 3 rings (SSSR count). The molecule has 0 saturated heterocycles. The summed E-state index contributed by atoms with van der Waals surface area (Å²) in [4.78, 5) is 19.1. The second-order valence-corrected chi connectivity index (χ2v) is 6.80. The van der Waals surface area contributed by atoms with E-state index >= 15 is 0 Å². The van der Waals surface area contributed by atoms with Gasteiger partial charge in [0.05, 0.1) is 4.92 Å². The van der Waals surface area contributed by atoms with Gasteiger partial charge in [-0.2, -0.15) is 4.98 Å². The van der Waals surface area contributed by atoms with Gasteiger partial charge in [0.2, 0.25) is 5.82 Å². The van der Waals surface area contributed by atoms with Crippen molar-refractivity contribution < 1.29 is 9.66 Å². The Labute approximate surface area is 163 Å². The first kappa shape index (κ1) is 19.3. The number of anilines is 1. The Kier molecular flexibility index (Phi) is 5.84. The minimum atomic E-state index is -0.532. The number of aromatic nitrogens is 2. The summed E-state index contributed by atoms with van der Waals surface area (Å²) in [6, 6.07) is 15.3. The molecule has 0 amide bonds. The molecule has 1 heterocycles. The van der Waals surface area contributed by atoms with E-state index in [1.54, 1.807) is 12.1 Å². The third kappa shape index (κ3) is 4.62. The number of hydrogen-bond acceptors (Lipinski definition) is 6. The number of nitrogens with one attached hydrogen (secondary N) is 1. The van der Waals surface area contributed by atoms with E-state index in [1.165, 1.54) is 6.33 Å². The number of nitrogens with zero attached hydrogens (tertiary/aromatic N) is 3. The van der Waals surface area contributed by atoms with Crippen LogP contribution in [0.15, 0.2) is 54.9 Å². The van der Waals surface area contributed by atoms with E-state index in [2.05, 4.69) is 29.1 Å². The summed E-state index contributed by atoms with van der Waals surface area (Å²) >= 11 is 0. The SMILES string of the molecule is Cc1ccc(CNc2ncnc(Oc3ccc(C(C)C)cc3)c2[N+](=O)[O-])cc1. The van der Waals surface area contributed by atoms with Crippen LogP contribution in [0.25, 0.3) is 0 Å². The topological polar surface area (TPSA) is 90.2 Å². The minimum absolute atomic E-state index is 0.0938. The molecule has 2 aromatic carbocycles. The summed E-state index contributed by atoms with van der Waals surface area (Å²) in [5.74, 6) is 0.897. The molecule has 0 atom stereocenters. The van der Waals surface area contributed by atoms with Crippen molar-refractivity contribution >= 4 is 11.5 Å². The average Bonchev–Trinajstić information content (AvgIpc) is 2.68. The van der Waals surface area contributed by atoms with Crippen LogP contribution in [-0.2, 0) is 6.54 Å². The summed E-state index contributed by atoms with van der Waals surface area (Å²) in [6.07, 6.45) is 1.25. The molecule has 1 aromatic heterocycles. The van der Waals surface area contributed by atoms with Crippen molar-refractivity contribution in [3.8, 4) is 11.6 Å². The number of benzene rings is 2. The molecule has 1 N–H and O–H groups in total. The first-order chi connectivity index (χ1) is 13.4. The van der Waals surface area contributed by atoms with Crippen molar-refractivity contribution in [2.24, 2.45) is 0 Å². The third-order valence-corrected chi connectivity index (χ3v) is 4.31. The molecule has 0 fully saturated rings. The van der Waals surface area contributed by atoms with Gasteiger partial charge in [-0.3, -0.25) is 10.1 Å². The van der Waals surface area contributed by atoms with Crippen LogP contribution in [0.4, 0.5) is 11.5 Å². The molecule has 0 spiro atoms. The van der Waals surface area contributed by atoms with Crippen molar-refractivity contribution in [1.82, 2.24) is 9.97 Å². The van der Waals surface area contributed by atoms with E-state index in [-0.39, 0.29) is 17.4 Å². The highest BCUT2D eigenvalue weighted by Gasteiger charge is 2.25. The van der Waals surface area contributed by atoms with Gasteiger partial charge < -0.3 is 10.1 Å². The zero-order valence-corrected chi connectivity index (χ0v) is 16.0. The fraction of sp³-hybridized carbons (Fsp3) is 0.238. The lowest BCUT2D eigenvalue weighted by Gasteiger charge is -2.10. The zero-order chi connectivity index (χ0) is 20.1. The standard InChI is InChI=1S/C21H22N4O3/c1-14(2)17-8-10-18(11-9-17)28-21-19(25(26)27)20(23-13-24-21)22-12-16-6-4-15(3)5-7-16/h4-11,13-14H,12H2,1-3H3,(H,22,23,24). The van der Waals surface area contributed by atoms with Crippen LogP contribution >= 0.6 is 0 Å². The smallest absolute Gasteiger partial charge is 0.373 e. The van der Waals surface area contributed by atoms with Gasteiger partial charge in [-0.15, -0.1) is 0 Å². The summed E-state index contributed by atoms with van der Waals surface area (Å²) in [7, 11) is 0. The number of hydrogen-bond donors (Lipinski definition) is 1. The number of nitro groups is 1. The molecular weight excluding hydrogens is 356 g/mol. The van der Waals surface area contributed by atoms with Gasteiger partial charge in [0.15, 0.2) is 0 Å². The highest BCUT2D eigenvalue weighted by atomic mass is 16.6.